The molecule has 10 heteroatoms. The number of benzene rings is 2. The maximum atomic E-state index is 13.1. The molecule has 0 atom stereocenters. The van der Waals surface area contributed by atoms with E-state index in [4.69, 9.17) is 19.8 Å². The number of carboxylic acids is 2. The zero-order valence-electron chi connectivity index (χ0n) is 22.6. The summed E-state index contributed by atoms with van der Waals surface area (Å²) in [5, 5.41) is 19.0. The van der Waals surface area contributed by atoms with E-state index in [0.29, 0.717) is 19.0 Å². The third-order valence-electron chi connectivity index (χ3n) is 7.11. The number of rotatable bonds is 8. The average Bonchev–Trinajstić information content (AvgIpc) is 3.40. The van der Waals surface area contributed by atoms with Crippen LogP contribution in [-0.4, -0.2) is 62.1 Å². The van der Waals surface area contributed by atoms with E-state index in [-0.39, 0.29) is 11.7 Å². The van der Waals surface area contributed by atoms with E-state index in [1.807, 2.05) is 36.4 Å². The Hall–Kier alpha value is -4.57. The molecule has 2 aromatic heterocycles. The summed E-state index contributed by atoms with van der Waals surface area (Å²) in [6.07, 6.45) is 7.43. The molecule has 1 aliphatic heterocycles. The van der Waals surface area contributed by atoms with Crippen molar-refractivity contribution in [1.29, 1.82) is 0 Å². The number of carbonyl (C=O) groups is 3. The molecule has 0 spiro atoms. The Balaban J connectivity index is 0.000000585. The summed E-state index contributed by atoms with van der Waals surface area (Å²) >= 11 is 0. The van der Waals surface area contributed by atoms with Crippen molar-refractivity contribution in [2.24, 2.45) is 0 Å². The SMILES string of the molecule is O=C(Cc1ccc2ccn(C3CCN(CCc4ccc(F)cc4)CC3)c2c1)NCc1ccccn1.O=C(O)C(=O)O. The molecule has 3 N–H and O–H groups in total. The van der Waals surface area contributed by atoms with Crippen LogP contribution >= 0.6 is 0 Å². The number of likely N-dealkylation sites (tertiary alicyclic amines) is 1. The standard InChI is InChI=1S/C29H31FN4O.C2H2O4/c30-25-8-5-22(6-9-25)10-15-33-16-12-27(13-17-33)34-18-11-24-7-4-23(19-28(24)34)20-29(35)32-21-26-3-1-2-14-31-26;3-1(4)2(5)6/h1-9,11,14,18-19,27H,10,12-13,15-17,20-21H2,(H,32,35);(H,3,4)(H,5,6). The van der Waals surface area contributed by atoms with Crippen LogP contribution in [0.1, 0.15) is 35.7 Å². The number of hydrogen-bond acceptors (Lipinski definition) is 5. The summed E-state index contributed by atoms with van der Waals surface area (Å²) in [4.78, 5) is 37.5. The van der Waals surface area contributed by atoms with Crippen LogP contribution in [0.4, 0.5) is 4.39 Å². The van der Waals surface area contributed by atoms with Gasteiger partial charge in [-0.15, -0.1) is 0 Å². The predicted octanol–water partition coefficient (Wildman–Crippen LogP) is 4.07. The summed E-state index contributed by atoms with van der Waals surface area (Å²) in [6.45, 7) is 3.56. The number of hydrogen-bond donors (Lipinski definition) is 3. The Morgan fingerprint density at radius 2 is 1.63 bits per heavy atom. The number of nitrogens with one attached hydrogen (secondary N) is 1. The molecule has 4 aromatic rings. The van der Waals surface area contributed by atoms with Gasteiger partial charge in [-0.3, -0.25) is 9.78 Å². The van der Waals surface area contributed by atoms with E-state index in [2.05, 4.69) is 44.2 Å². The van der Waals surface area contributed by atoms with Gasteiger partial charge in [0.2, 0.25) is 5.91 Å². The molecule has 2 aromatic carbocycles. The second-order valence-corrected chi connectivity index (χ2v) is 9.95. The first-order valence-electron chi connectivity index (χ1n) is 13.5. The van der Waals surface area contributed by atoms with Crippen LogP contribution in [-0.2, 0) is 33.8 Å². The second-order valence-electron chi connectivity index (χ2n) is 9.95. The molecule has 41 heavy (non-hydrogen) atoms. The molecular weight excluding hydrogens is 527 g/mol. The van der Waals surface area contributed by atoms with Gasteiger partial charge in [0.15, 0.2) is 0 Å². The van der Waals surface area contributed by atoms with Crippen molar-refractivity contribution in [3.63, 3.8) is 0 Å². The third-order valence-corrected chi connectivity index (χ3v) is 7.11. The van der Waals surface area contributed by atoms with Gasteiger partial charge in [-0.05, 0) is 72.2 Å². The van der Waals surface area contributed by atoms with Crippen molar-refractivity contribution in [2.75, 3.05) is 19.6 Å². The molecule has 3 heterocycles. The molecule has 9 nitrogen and oxygen atoms in total. The molecule has 0 radical (unpaired) electrons. The molecule has 0 saturated carbocycles. The van der Waals surface area contributed by atoms with Crippen LogP contribution in [0.15, 0.2) is 79.1 Å². The maximum absolute atomic E-state index is 13.1. The molecule has 1 aliphatic rings. The van der Waals surface area contributed by atoms with Crippen LogP contribution in [0.2, 0.25) is 0 Å². The minimum absolute atomic E-state index is 0.00238. The van der Waals surface area contributed by atoms with Gasteiger partial charge in [-0.1, -0.05) is 30.3 Å². The summed E-state index contributed by atoms with van der Waals surface area (Å²) in [7, 11) is 0. The fraction of sp³-hybridized carbons (Fsp3) is 0.290. The number of amides is 1. The van der Waals surface area contributed by atoms with Crippen molar-refractivity contribution < 1.29 is 29.0 Å². The molecule has 1 fully saturated rings. The van der Waals surface area contributed by atoms with Crippen LogP contribution < -0.4 is 5.32 Å². The Morgan fingerprint density at radius 1 is 0.927 bits per heavy atom. The Morgan fingerprint density at radius 3 is 2.29 bits per heavy atom. The first kappa shape index (κ1) is 29.4. The molecule has 1 amide bonds. The van der Waals surface area contributed by atoms with E-state index < -0.39 is 11.9 Å². The molecule has 0 unspecified atom stereocenters. The van der Waals surface area contributed by atoms with Gasteiger partial charge in [-0.2, -0.15) is 0 Å². The quantitative estimate of drug-likeness (QED) is 0.278. The number of piperidine rings is 1. The average molecular weight is 561 g/mol. The van der Waals surface area contributed by atoms with Crippen LogP contribution in [0.25, 0.3) is 10.9 Å². The van der Waals surface area contributed by atoms with Crippen molar-refractivity contribution in [3.8, 4) is 0 Å². The van der Waals surface area contributed by atoms with E-state index in [1.54, 1.807) is 6.20 Å². The van der Waals surface area contributed by atoms with Crippen LogP contribution in [0.5, 0.6) is 0 Å². The van der Waals surface area contributed by atoms with Crippen LogP contribution in [0.3, 0.4) is 0 Å². The smallest absolute Gasteiger partial charge is 0.414 e. The Labute approximate surface area is 237 Å². The highest BCUT2D eigenvalue weighted by molar-refractivity contribution is 6.27. The predicted molar refractivity (Wildman–Crippen MR) is 152 cm³/mol. The molecule has 0 bridgehead atoms. The lowest BCUT2D eigenvalue weighted by molar-refractivity contribution is -0.159. The van der Waals surface area contributed by atoms with Gasteiger partial charge >= 0.3 is 11.9 Å². The van der Waals surface area contributed by atoms with Crippen molar-refractivity contribution in [3.05, 3.63) is 102 Å². The van der Waals surface area contributed by atoms with E-state index in [9.17, 15) is 9.18 Å². The number of aromatic nitrogens is 2. The zero-order chi connectivity index (χ0) is 29.2. The summed E-state index contributed by atoms with van der Waals surface area (Å²) in [5.41, 5.74) is 4.26. The first-order valence-corrected chi connectivity index (χ1v) is 13.5. The van der Waals surface area contributed by atoms with Crippen LogP contribution in [0, 0.1) is 5.82 Å². The topological polar surface area (TPSA) is 125 Å². The summed E-state index contributed by atoms with van der Waals surface area (Å²) in [6, 6.07) is 21.5. The maximum Gasteiger partial charge on any atom is 0.414 e. The number of nitrogens with zero attached hydrogens (tertiary/aromatic N) is 3. The monoisotopic (exact) mass is 560 g/mol. The zero-order valence-corrected chi connectivity index (χ0v) is 22.6. The lowest BCUT2D eigenvalue weighted by Gasteiger charge is -2.33. The second kappa shape index (κ2) is 14.2. The molecule has 0 aliphatic carbocycles. The minimum atomic E-state index is -1.82. The highest BCUT2D eigenvalue weighted by Gasteiger charge is 2.21. The summed E-state index contributed by atoms with van der Waals surface area (Å²) < 4.78 is 15.5. The van der Waals surface area contributed by atoms with Gasteiger partial charge in [0.1, 0.15) is 5.82 Å². The van der Waals surface area contributed by atoms with Gasteiger partial charge in [0.05, 0.1) is 18.7 Å². The molecule has 5 rings (SSSR count). The van der Waals surface area contributed by atoms with E-state index >= 15 is 0 Å². The van der Waals surface area contributed by atoms with E-state index in [1.165, 1.54) is 28.6 Å². The lowest BCUT2D eigenvalue weighted by Crippen LogP contribution is -2.35. The fourth-order valence-corrected chi connectivity index (χ4v) is 4.92. The largest absolute Gasteiger partial charge is 0.473 e. The third kappa shape index (κ3) is 8.71. The Kier molecular flexibility index (Phi) is 10.2. The minimum Gasteiger partial charge on any atom is -0.473 e. The molecule has 1 saturated heterocycles. The molecular formula is C31H33FN4O5. The van der Waals surface area contributed by atoms with Crippen molar-refractivity contribution in [2.45, 2.75) is 38.3 Å². The number of halogens is 1. The highest BCUT2D eigenvalue weighted by Crippen LogP contribution is 2.28. The number of aliphatic carboxylic acids is 2. The number of carbonyl (C=O) groups excluding carboxylic acids is 1. The Bertz CT molecular complexity index is 1450. The van der Waals surface area contributed by atoms with Gasteiger partial charge in [0, 0.05) is 43.6 Å². The number of carboxylic acid groups (broad SMARTS) is 2. The van der Waals surface area contributed by atoms with Gasteiger partial charge in [0.25, 0.3) is 0 Å². The number of pyridine rings is 1. The van der Waals surface area contributed by atoms with Gasteiger partial charge in [-0.25, -0.2) is 14.0 Å². The fourth-order valence-electron chi connectivity index (χ4n) is 4.92. The van der Waals surface area contributed by atoms with E-state index in [0.717, 1.165) is 50.2 Å². The van der Waals surface area contributed by atoms with Crippen molar-refractivity contribution in [1.82, 2.24) is 19.8 Å². The van der Waals surface area contributed by atoms with Gasteiger partial charge < -0.3 is 25.0 Å². The normalized spacial score (nSPS) is 13.8. The number of fused-ring (bicyclic) bond motifs is 1. The first-order chi connectivity index (χ1) is 19.8. The highest BCUT2D eigenvalue weighted by atomic mass is 19.1. The lowest BCUT2D eigenvalue weighted by atomic mass is 10.0. The molecule has 214 valence electrons. The van der Waals surface area contributed by atoms with Crippen molar-refractivity contribution >= 4 is 28.7 Å². The summed E-state index contributed by atoms with van der Waals surface area (Å²) in [5.74, 6) is -3.82.